The summed E-state index contributed by atoms with van der Waals surface area (Å²) in [6, 6.07) is 8.43. The zero-order valence-electron chi connectivity index (χ0n) is 14.3. The number of fused-ring (bicyclic) bond motifs is 1. The lowest BCUT2D eigenvalue weighted by molar-refractivity contribution is 0.151. The Labute approximate surface area is 138 Å². The number of hydrogen-bond acceptors (Lipinski definition) is 3. The summed E-state index contributed by atoms with van der Waals surface area (Å²) in [4.78, 5) is 9.50. The predicted molar refractivity (Wildman–Crippen MR) is 94.7 cm³/mol. The third-order valence-corrected chi connectivity index (χ3v) is 4.54. The van der Waals surface area contributed by atoms with Gasteiger partial charge in [-0.3, -0.25) is 4.99 Å². The van der Waals surface area contributed by atoms with E-state index in [0.717, 1.165) is 42.0 Å². The summed E-state index contributed by atoms with van der Waals surface area (Å²) in [5.74, 6) is 0. The molecule has 0 spiro atoms. The monoisotopic (exact) mass is 308 g/mol. The van der Waals surface area contributed by atoms with Crippen molar-refractivity contribution in [2.45, 2.75) is 53.1 Å². The highest BCUT2D eigenvalue weighted by atomic mass is 16.3. The van der Waals surface area contributed by atoms with Gasteiger partial charge in [-0.15, -0.1) is 0 Å². The van der Waals surface area contributed by atoms with Gasteiger partial charge in [0.1, 0.15) is 0 Å². The van der Waals surface area contributed by atoms with E-state index in [1.165, 1.54) is 22.3 Å². The number of pyridine rings is 1. The number of benzene rings is 1. The number of aryl methyl sites for hydroxylation is 4. The van der Waals surface area contributed by atoms with Gasteiger partial charge in [-0.2, -0.15) is 0 Å². The van der Waals surface area contributed by atoms with E-state index in [1.807, 2.05) is 13.0 Å². The molecule has 1 atom stereocenters. The van der Waals surface area contributed by atoms with Gasteiger partial charge in [-0.1, -0.05) is 23.8 Å². The molecular formula is C20H24N2O. The molecule has 0 radical (unpaired) electrons. The molecule has 2 aromatic rings. The van der Waals surface area contributed by atoms with E-state index >= 15 is 0 Å². The Balaban J connectivity index is 2.01. The third kappa shape index (κ3) is 3.20. The number of rotatable bonds is 2. The minimum atomic E-state index is -0.436. The molecule has 1 aliphatic rings. The van der Waals surface area contributed by atoms with E-state index in [-0.39, 0.29) is 0 Å². The summed E-state index contributed by atoms with van der Waals surface area (Å²) in [7, 11) is 0. The fraction of sp³-hybridized carbons (Fsp3) is 0.400. The molecular weight excluding hydrogens is 284 g/mol. The lowest BCUT2D eigenvalue weighted by Crippen LogP contribution is -2.14. The Morgan fingerprint density at radius 1 is 1.17 bits per heavy atom. The van der Waals surface area contributed by atoms with Crippen LogP contribution in [0.2, 0.25) is 0 Å². The maximum atomic E-state index is 10.2. The Bertz CT molecular complexity index is 754. The van der Waals surface area contributed by atoms with Crippen LogP contribution >= 0.6 is 0 Å². The average molecular weight is 308 g/mol. The lowest BCUT2D eigenvalue weighted by Gasteiger charge is -2.20. The van der Waals surface area contributed by atoms with Crippen molar-refractivity contribution < 1.29 is 5.11 Å². The van der Waals surface area contributed by atoms with Crippen LogP contribution in [0.4, 0.5) is 5.69 Å². The average Bonchev–Trinajstić information content (AvgIpc) is 2.50. The Hall–Kier alpha value is -2.00. The van der Waals surface area contributed by atoms with Crippen molar-refractivity contribution >= 4 is 11.4 Å². The molecule has 3 rings (SSSR count). The summed E-state index contributed by atoms with van der Waals surface area (Å²) >= 11 is 0. The van der Waals surface area contributed by atoms with Crippen molar-refractivity contribution in [2.24, 2.45) is 4.99 Å². The second kappa shape index (κ2) is 6.25. The zero-order valence-corrected chi connectivity index (χ0v) is 14.3. The quantitative estimate of drug-likeness (QED) is 0.829. The van der Waals surface area contributed by atoms with Gasteiger partial charge < -0.3 is 5.11 Å². The highest BCUT2D eigenvalue weighted by molar-refractivity contribution is 5.99. The molecule has 3 heteroatoms. The van der Waals surface area contributed by atoms with Gasteiger partial charge >= 0.3 is 0 Å². The molecule has 0 amide bonds. The van der Waals surface area contributed by atoms with Crippen molar-refractivity contribution in [3.8, 4) is 0 Å². The van der Waals surface area contributed by atoms with E-state index in [1.54, 1.807) is 0 Å². The van der Waals surface area contributed by atoms with E-state index in [9.17, 15) is 5.11 Å². The van der Waals surface area contributed by atoms with E-state index < -0.39 is 6.10 Å². The first-order chi connectivity index (χ1) is 11.0. The number of nitrogens with zero attached hydrogens (tertiary/aromatic N) is 2. The van der Waals surface area contributed by atoms with Crippen molar-refractivity contribution in [3.63, 3.8) is 0 Å². The van der Waals surface area contributed by atoms with Crippen LogP contribution in [0.25, 0.3) is 0 Å². The third-order valence-electron chi connectivity index (χ3n) is 4.54. The minimum absolute atomic E-state index is 0.436. The van der Waals surface area contributed by atoms with E-state index in [4.69, 9.17) is 4.99 Å². The fourth-order valence-corrected chi connectivity index (χ4v) is 3.40. The van der Waals surface area contributed by atoms with Gasteiger partial charge in [0.2, 0.25) is 0 Å². The van der Waals surface area contributed by atoms with Crippen LogP contribution in [-0.4, -0.2) is 15.8 Å². The molecule has 0 saturated heterocycles. The minimum Gasteiger partial charge on any atom is -0.387 e. The molecule has 0 bridgehead atoms. The molecule has 1 heterocycles. The smallest absolute Gasteiger partial charge is 0.0962 e. The van der Waals surface area contributed by atoms with Gasteiger partial charge in [0.25, 0.3) is 0 Å². The molecule has 1 N–H and O–H groups in total. The van der Waals surface area contributed by atoms with Crippen LogP contribution < -0.4 is 0 Å². The Kier molecular flexibility index (Phi) is 4.31. The van der Waals surface area contributed by atoms with Crippen molar-refractivity contribution in [3.05, 3.63) is 57.9 Å². The largest absolute Gasteiger partial charge is 0.387 e. The first kappa shape index (κ1) is 15.9. The zero-order chi connectivity index (χ0) is 16.6. The number of hydrogen-bond donors (Lipinski definition) is 1. The van der Waals surface area contributed by atoms with Crippen LogP contribution in [0, 0.1) is 20.8 Å². The normalized spacial score (nSPS) is 18.0. The fourth-order valence-electron chi connectivity index (χ4n) is 3.40. The molecule has 120 valence electrons. The first-order valence-electron chi connectivity index (χ1n) is 8.27. The highest BCUT2D eigenvalue weighted by Crippen LogP contribution is 2.29. The second-order valence-corrected chi connectivity index (χ2v) is 6.59. The van der Waals surface area contributed by atoms with Gasteiger partial charge in [0.05, 0.1) is 28.9 Å². The van der Waals surface area contributed by atoms with Gasteiger partial charge in [-0.05, 0) is 69.7 Å². The van der Waals surface area contributed by atoms with Crippen LogP contribution in [0.5, 0.6) is 0 Å². The Morgan fingerprint density at radius 3 is 2.57 bits per heavy atom. The highest BCUT2D eigenvalue weighted by Gasteiger charge is 2.20. The number of aromatic nitrogens is 1. The molecule has 1 unspecified atom stereocenters. The molecule has 0 fully saturated rings. The molecule has 1 aliphatic carbocycles. The maximum absolute atomic E-state index is 10.2. The molecule has 0 aliphatic heterocycles. The first-order valence-corrected chi connectivity index (χ1v) is 8.27. The van der Waals surface area contributed by atoms with Crippen molar-refractivity contribution in [1.29, 1.82) is 0 Å². The van der Waals surface area contributed by atoms with Crippen molar-refractivity contribution in [2.75, 3.05) is 0 Å². The van der Waals surface area contributed by atoms with E-state index in [0.29, 0.717) is 0 Å². The summed E-state index contributed by atoms with van der Waals surface area (Å²) in [5, 5.41) is 10.2. The van der Waals surface area contributed by atoms with Gasteiger partial charge in [-0.25, -0.2) is 4.98 Å². The lowest BCUT2D eigenvalue weighted by atomic mass is 9.93. The standard InChI is InChI=1S/C20H24N2O/c1-12-10-13(2)19(14(3)11-12)21-15(4)17-9-8-16-6-5-7-18(23)20(16)22-17/h8-11,18,23H,5-7H2,1-4H3. The molecule has 1 aromatic carbocycles. The molecule has 0 saturated carbocycles. The topological polar surface area (TPSA) is 45.5 Å². The summed E-state index contributed by atoms with van der Waals surface area (Å²) in [5.41, 5.74) is 8.38. The maximum Gasteiger partial charge on any atom is 0.0962 e. The molecule has 3 nitrogen and oxygen atoms in total. The van der Waals surface area contributed by atoms with Crippen LogP contribution in [0.3, 0.4) is 0 Å². The van der Waals surface area contributed by atoms with Crippen LogP contribution in [0.15, 0.2) is 29.3 Å². The van der Waals surface area contributed by atoms with Gasteiger partial charge in [0.15, 0.2) is 0 Å². The second-order valence-electron chi connectivity index (χ2n) is 6.59. The SMILES string of the molecule is CC(=Nc1c(C)cc(C)cc1C)c1ccc2c(n1)C(O)CCC2. The summed E-state index contributed by atoms with van der Waals surface area (Å²) < 4.78 is 0. The van der Waals surface area contributed by atoms with Crippen molar-refractivity contribution in [1.82, 2.24) is 4.98 Å². The summed E-state index contributed by atoms with van der Waals surface area (Å²) in [6.07, 6.45) is 2.40. The Morgan fingerprint density at radius 2 is 1.87 bits per heavy atom. The van der Waals surface area contributed by atoms with Crippen LogP contribution in [-0.2, 0) is 6.42 Å². The van der Waals surface area contributed by atoms with Crippen LogP contribution in [0.1, 0.15) is 59.5 Å². The summed E-state index contributed by atoms with van der Waals surface area (Å²) in [6.45, 7) is 8.28. The number of aliphatic hydroxyl groups excluding tert-OH is 1. The molecule has 1 aromatic heterocycles. The molecule has 23 heavy (non-hydrogen) atoms. The number of aliphatic imine (C=N–C) groups is 1. The number of aliphatic hydroxyl groups is 1. The van der Waals surface area contributed by atoms with Gasteiger partial charge in [0, 0.05) is 0 Å². The van der Waals surface area contributed by atoms with E-state index in [2.05, 4.69) is 44.0 Å². The predicted octanol–water partition coefficient (Wildman–Crippen LogP) is 4.52.